The number of nitrogens with zero attached hydrogens (tertiary/aromatic N) is 2. The van der Waals surface area contributed by atoms with Crippen molar-refractivity contribution in [2.75, 3.05) is 20.7 Å². The standard InChI is InChI=1S/C21H23FN2O3/c1-4-27-21(26)18-11-15-7-8-16(13-23(2)3)20(25)19(15)24(18)12-14-5-9-17(22)10-6-14/h5-6,9-11,13H,4,7-8,12H2,1-3H3. The number of ether oxygens (including phenoxy) is 1. The maximum absolute atomic E-state index is 13.2. The number of ketones is 1. The zero-order valence-electron chi connectivity index (χ0n) is 15.8. The molecule has 0 fully saturated rings. The number of halogens is 1. The number of carbonyl (C=O) groups excluding carboxylic acids is 2. The van der Waals surface area contributed by atoms with Crippen LogP contribution in [0.1, 0.15) is 45.4 Å². The van der Waals surface area contributed by atoms with Gasteiger partial charge in [-0.1, -0.05) is 12.1 Å². The van der Waals surface area contributed by atoms with Crippen LogP contribution >= 0.6 is 0 Å². The number of allylic oxidation sites excluding steroid dienone is 1. The molecule has 1 aromatic carbocycles. The van der Waals surface area contributed by atoms with E-state index in [1.54, 1.807) is 29.7 Å². The highest BCUT2D eigenvalue weighted by Gasteiger charge is 2.30. The van der Waals surface area contributed by atoms with Gasteiger partial charge in [0.2, 0.25) is 5.78 Å². The molecule has 1 aliphatic carbocycles. The van der Waals surface area contributed by atoms with Crippen molar-refractivity contribution in [2.45, 2.75) is 26.3 Å². The summed E-state index contributed by atoms with van der Waals surface area (Å²) in [7, 11) is 3.74. The lowest BCUT2D eigenvalue weighted by Gasteiger charge is -2.19. The molecule has 142 valence electrons. The molecule has 0 amide bonds. The van der Waals surface area contributed by atoms with Crippen LogP contribution in [-0.4, -0.2) is 41.9 Å². The Bertz CT molecular complexity index is 895. The largest absolute Gasteiger partial charge is 0.461 e. The quantitative estimate of drug-likeness (QED) is 0.598. The van der Waals surface area contributed by atoms with Crippen LogP contribution in [0.15, 0.2) is 42.1 Å². The molecule has 0 unspecified atom stereocenters. The highest BCUT2D eigenvalue weighted by Crippen LogP contribution is 2.29. The number of aromatic nitrogens is 1. The van der Waals surface area contributed by atoms with Crippen LogP contribution in [0, 0.1) is 5.82 Å². The second-order valence-corrected chi connectivity index (χ2v) is 6.78. The number of Topliss-reactive ketones (excluding diaryl/α,β-unsaturated/α-hetero) is 1. The van der Waals surface area contributed by atoms with E-state index < -0.39 is 5.97 Å². The minimum atomic E-state index is -0.458. The fourth-order valence-corrected chi connectivity index (χ4v) is 3.34. The average Bonchev–Trinajstić information content (AvgIpc) is 2.98. The summed E-state index contributed by atoms with van der Waals surface area (Å²) in [4.78, 5) is 27.4. The van der Waals surface area contributed by atoms with Crippen LogP contribution in [0.3, 0.4) is 0 Å². The minimum Gasteiger partial charge on any atom is -0.461 e. The van der Waals surface area contributed by atoms with Gasteiger partial charge in [0.15, 0.2) is 0 Å². The molecule has 0 bridgehead atoms. The Balaban J connectivity index is 2.08. The first-order valence-corrected chi connectivity index (χ1v) is 8.96. The summed E-state index contributed by atoms with van der Waals surface area (Å²) in [6.07, 6.45) is 3.14. The van der Waals surface area contributed by atoms with E-state index in [0.717, 1.165) is 11.1 Å². The molecule has 1 aliphatic rings. The predicted octanol–water partition coefficient (Wildman–Crippen LogP) is 3.43. The van der Waals surface area contributed by atoms with Crippen LogP contribution in [0.25, 0.3) is 0 Å². The van der Waals surface area contributed by atoms with Crippen LogP contribution in [0.5, 0.6) is 0 Å². The molecular formula is C21H23FN2O3. The Morgan fingerprint density at radius 2 is 1.96 bits per heavy atom. The molecule has 0 saturated carbocycles. The maximum Gasteiger partial charge on any atom is 0.354 e. The van der Waals surface area contributed by atoms with Crippen LogP contribution in [0.4, 0.5) is 4.39 Å². The molecule has 1 heterocycles. The molecule has 27 heavy (non-hydrogen) atoms. The first kappa shape index (κ1) is 18.9. The fourth-order valence-electron chi connectivity index (χ4n) is 3.34. The minimum absolute atomic E-state index is 0.0809. The Kier molecular flexibility index (Phi) is 5.44. The number of hydrogen-bond acceptors (Lipinski definition) is 4. The summed E-state index contributed by atoms with van der Waals surface area (Å²) in [5.41, 5.74) is 3.23. The highest BCUT2D eigenvalue weighted by molar-refractivity contribution is 6.10. The van der Waals surface area contributed by atoms with Gasteiger partial charge >= 0.3 is 5.97 Å². The Morgan fingerprint density at radius 1 is 1.26 bits per heavy atom. The van der Waals surface area contributed by atoms with Gasteiger partial charge in [0, 0.05) is 32.4 Å². The predicted molar refractivity (Wildman–Crippen MR) is 100 cm³/mol. The van der Waals surface area contributed by atoms with Crippen LogP contribution in [-0.2, 0) is 17.7 Å². The number of hydrogen-bond donors (Lipinski definition) is 0. The fraction of sp³-hybridized carbons (Fsp3) is 0.333. The van der Waals surface area contributed by atoms with Crippen molar-refractivity contribution in [3.8, 4) is 0 Å². The summed E-state index contributed by atoms with van der Waals surface area (Å²) in [5, 5.41) is 0. The summed E-state index contributed by atoms with van der Waals surface area (Å²) >= 11 is 0. The number of benzene rings is 1. The van der Waals surface area contributed by atoms with Gasteiger partial charge in [-0.15, -0.1) is 0 Å². The molecule has 0 radical (unpaired) electrons. The Morgan fingerprint density at radius 3 is 2.59 bits per heavy atom. The lowest BCUT2D eigenvalue weighted by atomic mass is 9.92. The first-order valence-electron chi connectivity index (χ1n) is 8.96. The lowest BCUT2D eigenvalue weighted by Crippen LogP contribution is -2.22. The van der Waals surface area contributed by atoms with Gasteiger partial charge in [0.05, 0.1) is 12.3 Å². The van der Waals surface area contributed by atoms with Gasteiger partial charge < -0.3 is 14.2 Å². The molecule has 5 nitrogen and oxygen atoms in total. The Hall–Kier alpha value is -2.89. The van der Waals surface area contributed by atoms with Gasteiger partial charge in [-0.3, -0.25) is 4.79 Å². The van der Waals surface area contributed by atoms with Crippen molar-refractivity contribution >= 4 is 11.8 Å². The van der Waals surface area contributed by atoms with Gasteiger partial charge in [0.25, 0.3) is 0 Å². The van der Waals surface area contributed by atoms with Crippen LogP contribution in [0.2, 0.25) is 0 Å². The zero-order chi connectivity index (χ0) is 19.6. The van der Waals surface area contributed by atoms with Gasteiger partial charge in [0.1, 0.15) is 11.5 Å². The number of rotatable bonds is 5. The van der Waals surface area contributed by atoms with Crippen molar-refractivity contribution in [1.82, 2.24) is 9.47 Å². The highest BCUT2D eigenvalue weighted by atomic mass is 19.1. The van der Waals surface area contributed by atoms with Crippen molar-refractivity contribution in [2.24, 2.45) is 0 Å². The molecule has 0 atom stereocenters. The van der Waals surface area contributed by atoms with E-state index in [2.05, 4.69) is 0 Å². The molecule has 6 heteroatoms. The smallest absolute Gasteiger partial charge is 0.354 e. The summed E-state index contributed by atoms with van der Waals surface area (Å²) in [6.45, 7) is 2.30. The summed E-state index contributed by atoms with van der Waals surface area (Å²) < 4.78 is 20.1. The number of aryl methyl sites for hydroxylation is 1. The van der Waals surface area contributed by atoms with Gasteiger partial charge in [-0.25, -0.2) is 9.18 Å². The Labute approximate surface area is 158 Å². The SMILES string of the molecule is CCOC(=O)c1cc2c(n1Cc1ccc(F)cc1)C(=O)C(=CN(C)C)CC2. The second-order valence-electron chi connectivity index (χ2n) is 6.78. The number of carbonyl (C=O) groups is 2. The lowest BCUT2D eigenvalue weighted by molar-refractivity contribution is 0.0514. The van der Waals surface area contributed by atoms with E-state index in [0.29, 0.717) is 36.3 Å². The van der Waals surface area contributed by atoms with Crippen molar-refractivity contribution in [1.29, 1.82) is 0 Å². The molecular weight excluding hydrogens is 347 g/mol. The van der Waals surface area contributed by atoms with E-state index in [-0.39, 0.29) is 18.2 Å². The van der Waals surface area contributed by atoms with Gasteiger partial charge in [-0.2, -0.15) is 0 Å². The average molecular weight is 370 g/mol. The second kappa shape index (κ2) is 7.78. The third-order valence-electron chi connectivity index (χ3n) is 4.50. The normalized spacial score (nSPS) is 15.0. The van der Waals surface area contributed by atoms with E-state index in [9.17, 15) is 14.0 Å². The molecule has 2 aromatic rings. The molecule has 1 aromatic heterocycles. The zero-order valence-corrected chi connectivity index (χ0v) is 15.8. The summed E-state index contributed by atoms with van der Waals surface area (Å²) in [6, 6.07) is 7.80. The molecule has 0 aliphatic heterocycles. The number of fused-ring (bicyclic) bond motifs is 1. The number of esters is 1. The summed E-state index contributed by atoms with van der Waals surface area (Å²) in [5.74, 6) is -0.867. The van der Waals surface area contributed by atoms with E-state index in [1.165, 1.54) is 12.1 Å². The third-order valence-corrected chi connectivity index (χ3v) is 4.50. The molecule has 3 rings (SSSR count). The van der Waals surface area contributed by atoms with Crippen molar-refractivity contribution in [3.05, 3.63) is 70.4 Å². The first-order chi connectivity index (χ1) is 12.9. The topological polar surface area (TPSA) is 51.5 Å². The van der Waals surface area contributed by atoms with Crippen molar-refractivity contribution < 1.29 is 18.7 Å². The monoisotopic (exact) mass is 370 g/mol. The third kappa shape index (κ3) is 3.94. The van der Waals surface area contributed by atoms with E-state index in [4.69, 9.17) is 4.74 Å². The van der Waals surface area contributed by atoms with Gasteiger partial charge in [-0.05, 0) is 49.1 Å². The van der Waals surface area contributed by atoms with E-state index in [1.807, 2.05) is 25.2 Å². The van der Waals surface area contributed by atoms with Crippen molar-refractivity contribution in [3.63, 3.8) is 0 Å². The molecule has 0 N–H and O–H groups in total. The van der Waals surface area contributed by atoms with E-state index >= 15 is 0 Å². The van der Waals surface area contributed by atoms with Crippen LogP contribution < -0.4 is 0 Å². The maximum atomic E-state index is 13.2. The molecule has 0 spiro atoms. The molecule has 0 saturated heterocycles.